The van der Waals surface area contributed by atoms with Gasteiger partial charge in [-0.25, -0.2) is 0 Å². The minimum atomic E-state index is -0.157. The number of halogens is 2. The Morgan fingerprint density at radius 1 is 0.418 bits per heavy atom. The van der Waals surface area contributed by atoms with Crippen LogP contribution in [0.15, 0.2) is 239 Å². The SMILES string of the molecule is CC1C=C(N(c2ccc(-c3ccc(N(c4ccc(C(C)(C)c5ccc(Br)cc5)cc4)c4cccc5ccccc45)cc3)cc2)c2cccc3ccccc23)C=CC1C(C)(C)c1ccc(Br)cc1. The lowest BCUT2D eigenvalue weighted by Crippen LogP contribution is -2.33. The standard InChI is InChI=1S/C63H54Br2N2/c1-43-42-56(40-41-59(43)63(4,5)50-26-32-52(65)33-27-50)67(61-19-11-15-47-13-7-9-17-58(47)61)54-36-22-45(23-37-54)44-20-34-53(35-21-44)66(60-18-10-14-46-12-6-8-16-57(46)60)55-38-28-49(29-39-55)62(2,3)48-24-30-51(64)31-25-48/h6-43,59H,1-5H3. The summed E-state index contributed by atoms with van der Waals surface area (Å²) < 4.78 is 2.19. The fourth-order valence-corrected chi connectivity index (χ4v) is 10.8. The highest BCUT2D eigenvalue weighted by Gasteiger charge is 2.35. The molecule has 0 bridgehead atoms. The van der Waals surface area contributed by atoms with E-state index in [9.17, 15) is 0 Å². The number of allylic oxidation sites excluding steroid dienone is 3. The third kappa shape index (κ3) is 8.70. The topological polar surface area (TPSA) is 6.48 Å². The highest BCUT2D eigenvalue weighted by atomic mass is 79.9. The Hall–Kier alpha value is -6.46. The van der Waals surface area contributed by atoms with Crippen LogP contribution in [0.4, 0.5) is 28.4 Å². The molecule has 0 fully saturated rings. The van der Waals surface area contributed by atoms with E-state index in [1.165, 1.54) is 60.7 Å². The van der Waals surface area contributed by atoms with Gasteiger partial charge in [-0.3, -0.25) is 0 Å². The zero-order valence-electron chi connectivity index (χ0n) is 38.7. The number of hydrogen-bond donors (Lipinski definition) is 0. The predicted octanol–water partition coefficient (Wildman–Crippen LogP) is 18.8. The molecular weight excluding hydrogens is 945 g/mol. The third-order valence-electron chi connectivity index (χ3n) is 14.2. The third-order valence-corrected chi connectivity index (χ3v) is 15.2. The average molecular weight is 999 g/mol. The highest BCUT2D eigenvalue weighted by Crippen LogP contribution is 2.45. The van der Waals surface area contributed by atoms with Crippen LogP contribution in [-0.4, -0.2) is 0 Å². The molecule has 1 aliphatic rings. The van der Waals surface area contributed by atoms with Crippen molar-refractivity contribution in [3.63, 3.8) is 0 Å². The maximum Gasteiger partial charge on any atom is 0.0540 e. The molecule has 2 unspecified atom stereocenters. The van der Waals surface area contributed by atoms with Crippen LogP contribution in [0.2, 0.25) is 0 Å². The quantitative estimate of drug-likeness (QED) is 0.127. The summed E-state index contributed by atoms with van der Waals surface area (Å²) in [5.74, 6) is 0.645. The fourth-order valence-electron chi connectivity index (χ4n) is 10.3. The van der Waals surface area contributed by atoms with Crippen molar-refractivity contribution in [2.75, 3.05) is 9.80 Å². The van der Waals surface area contributed by atoms with Gasteiger partial charge in [0.05, 0.1) is 11.4 Å². The smallest absolute Gasteiger partial charge is 0.0540 e. The molecule has 0 aromatic heterocycles. The van der Waals surface area contributed by atoms with Gasteiger partial charge >= 0.3 is 0 Å². The number of rotatable bonds is 11. The Bertz CT molecular complexity index is 3240. The van der Waals surface area contributed by atoms with Gasteiger partial charge in [-0.1, -0.05) is 212 Å². The van der Waals surface area contributed by atoms with Crippen molar-refractivity contribution < 1.29 is 0 Å². The van der Waals surface area contributed by atoms with Crippen LogP contribution in [0.25, 0.3) is 32.7 Å². The largest absolute Gasteiger partial charge is 0.310 e. The molecule has 2 nitrogen and oxygen atoms in total. The molecule has 330 valence electrons. The van der Waals surface area contributed by atoms with Crippen LogP contribution in [0.1, 0.15) is 51.3 Å². The summed E-state index contributed by atoms with van der Waals surface area (Å²) in [5.41, 5.74) is 12.9. The highest BCUT2D eigenvalue weighted by molar-refractivity contribution is 9.10. The number of anilines is 5. The first kappa shape index (κ1) is 44.4. The Kier molecular flexibility index (Phi) is 12.1. The maximum absolute atomic E-state index is 3.63. The maximum atomic E-state index is 3.63. The van der Waals surface area contributed by atoms with Gasteiger partial charge in [0.25, 0.3) is 0 Å². The molecule has 67 heavy (non-hydrogen) atoms. The van der Waals surface area contributed by atoms with E-state index < -0.39 is 0 Å². The van der Waals surface area contributed by atoms with Crippen LogP contribution in [0.5, 0.6) is 0 Å². The lowest BCUT2D eigenvalue weighted by Gasteiger charge is -2.39. The minimum Gasteiger partial charge on any atom is -0.310 e. The molecule has 0 spiro atoms. The number of hydrogen-bond acceptors (Lipinski definition) is 2. The molecule has 0 saturated heterocycles. The Balaban J connectivity index is 0.983. The van der Waals surface area contributed by atoms with Gasteiger partial charge in [-0.15, -0.1) is 0 Å². The van der Waals surface area contributed by atoms with E-state index in [1.807, 2.05) is 0 Å². The van der Waals surface area contributed by atoms with Gasteiger partial charge in [-0.2, -0.15) is 0 Å². The molecule has 9 aromatic rings. The lowest BCUT2D eigenvalue weighted by atomic mass is 9.67. The molecule has 4 heteroatoms. The zero-order valence-corrected chi connectivity index (χ0v) is 41.8. The van der Waals surface area contributed by atoms with Gasteiger partial charge in [-0.05, 0) is 135 Å². The second-order valence-electron chi connectivity index (χ2n) is 19.0. The fraction of sp³-hybridized carbons (Fsp3) is 0.143. The predicted molar refractivity (Wildman–Crippen MR) is 293 cm³/mol. The molecule has 10 rings (SSSR count). The van der Waals surface area contributed by atoms with Crippen molar-refractivity contribution in [2.45, 2.75) is 45.4 Å². The lowest BCUT2D eigenvalue weighted by molar-refractivity contribution is 0.316. The van der Waals surface area contributed by atoms with Gasteiger partial charge < -0.3 is 9.80 Å². The summed E-state index contributed by atoms with van der Waals surface area (Å²) in [6.07, 6.45) is 7.26. The van der Waals surface area contributed by atoms with E-state index in [0.717, 1.165) is 31.7 Å². The van der Waals surface area contributed by atoms with Crippen molar-refractivity contribution in [2.24, 2.45) is 11.8 Å². The Labute approximate surface area is 413 Å². The van der Waals surface area contributed by atoms with Crippen molar-refractivity contribution in [1.82, 2.24) is 0 Å². The van der Waals surface area contributed by atoms with Gasteiger partial charge in [0.2, 0.25) is 0 Å². The van der Waals surface area contributed by atoms with Crippen molar-refractivity contribution in [3.05, 3.63) is 256 Å². The van der Waals surface area contributed by atoms with E-state index in [0.29, 0.717) is 11.8 Å². The molecule has 0 heterocycles. The van der Waals surface area contributed by atoms with Crippen LogP contribution in [0.3, 0.4) is 0 Å². The Morgan fingerprint density at radius 3 is 1.31 bits per heavy atom. The number of nitrogens with zero attached hydrogens (tertiary/aromatic N) is 2. The molecule has 0 radical (unpaired) electrons. The molecule has 0 amide bonds. The second kappa shape index (κ2) is 18.3. The second-order valence-corrected chi connectivity index (χ2v) is 20.8. The van der Waals surface area contributed by atoms with Gasteiger partial charge in [0, 0.05) is 47.9 Å². The van der Waals surface area contributed by atoms with E-state index in [2.05, 4.69) is 301 Å². The van der Waals surface area contributed by atoms with E-state index in [-0.39, 0.29) is 10.8 Å². The first-order valence-electron chi connectivity index (χ1n) is 23.2. The van der Waals surface area contributed by atoms with Crippen LogP contribution >= 0.6 is 31.9 Å². The summed E-state index contributed by atoms with van der Waals surface area (Å²) >= 11 is 7.25. The van der Waals surface area contributed by atoms with Crippen molar-refractivity contribution in [1.29, 1.82) is 0 Å². The first-order valence-corrected chi connectivity index (χ1v) is 24.8. The molecule has 0 saturated carbocycles. The number of benzene rings is 9. The van der Waals surface area contributed by atoms with Gasteiger partial charge in [0.1, 0.15) is 0 Å². The first-order chi connectivity index (χ1) is 32.5. The zero-order chi connectivity index (χ0) is 46.3. The molecular formula is C63H54Br2N2. The summed E-state index contributed by atoms with van der Waals surface area (Å²) in [4.78, 5) is 4.84. The monoisotopic (exact) mass is 996 g/mol. The molecule has 0 aliphatic heterocycles. The van der Waals surface area contributed by atoms with E-state index >= 15 is 0 Å². The van der Waals surface area contributed by atoms with Crippen molar-refractivity contribution in [3.8, 4) is 11.1 Å². The van der Waals surface area contributed by atoms with Crippen LogP contribution in [-0.2, 0) is 10.8 Å². The van der Waals surface area contributed by atoms with Crippen molar-refractivity contribution >= 4 is 81.8 Å². The number of fused-ring (bicyclic) bond motifs is 2. The molecule has 1 aliphatic carbocycles. The molecule has 2 atom stereocenters. The van der Waals surface area contributed by atoms with E-state index in [4.69, 9.17) is 0 Å². The summed E-state index contributed by atoms with van der Waals surface area (Å²) in [7, 11) is 0. The van der Waals surface area contributed by atoms with Crippen LogP contribution < -0.4 is 9.80 Å². The summed E-state index contributed by atoms with van der Waals surface area (Å²) in [5, 5.41) is 4.87. The average Bonchev–Trinajstić information content (AvgIpc) is 3.35. The van der Waals surface area contributed by atoms with E-state index in [1.54, 1.807) is 0 Å². The molecule has 9 aromatic carbocycles. The van der Waals surface area contributed by atoms with Gasteiger partial charge in [0.15, 0.2) is 0 Å². The van der Waals surface area contributed by atoms with Crippen LogP contribution in [0, 0.1) is 11.8 Å². The molecule has 0 N–H and O–H groups in total. The minimum absolute atomic E-state index is 0.0471. The summed E-state index contributed by atoms with van der Waals surface area (Å²) in [6.45, 7) is 11.7. The Morgan fingerprint density at radius 2 is 0.821 bits per heavy atom. The summed E-state index contributed by atoms with van der Waals surface area (Å²) in [6, 6.07) is 75.4. The normalized spacial score (nSPS) is 15.1.